The molecule has 0 atom stereocenters. The average molecular weight is 313 g/mol. The fourth-order valence-corrected chi connectivity index (χ4v) is 2.35. The van der Waals surface area contributed by atoms with E-state index in [2.05, 4.69) is 0 Å². The van der Waals surface area contributed by atoms with Crippen LogP contribution in [0.15, 0.2) is 36.4 Å². The number of rotatable bonds is 1. The highest BCUT2D eigenvalue weighted by molar-refractivity contribution is 5.78. The summed E-state index contributed by atoms with van der Waals surface area (Å²) >= 11 is 0. The lowest BCUT2D eigenvalue weighted by Crippen LogP contribution is -2.25. The monoisotopic (exact) mass is 313 g/mol. The molecule has 2 aromatic carbocycles. The Hall–Kier alpha value is -3.27. The van der Waals surface area contributed by atoms with E-state index in [4.69, 9.17) is 0 Å². The Bertz CT molecular complexity index is 1030. The molecule has 1 aromatic heterocycles. The van der Waals surface area contributed by atoms with Crippen LogP contribution in [-0.2, 0) is 0 Å². The van der Waals surface area contributed by atoms with E-state index < -0.39 is 22.8 Å². The summed E-state index contributed by atoms with van der Waals surface area (Å²) in [6.07, 6.45) is 0. The molecular formula is C16H9F2N3O2. The number of hydrogen-bond acceptors (Lipinski definition) is 3. The standard InChI is InChI=1S/C16H9F2N3O2/c1-9-2-4-10(5-3-9)16-15(8-19)20(22)13-6-11(17)12(18)7-14(13)21(16)23/h2-7H,1H3. The molecule has 5 nitrogen and oxygen atoms in total. The van der Waals surface area contributed by atoms with E-state index >= 15 is 0 Å². The minimum Gasteiger partial charge on any atom is -0.805 e. The van der Waals surface area contributed by atoms with Gasteiger partial charge in [-0.2, -0.15) is 5.26 Å². The number of nitriles is 1. The Kier molecular flexibility index (Phi) is 3.30. The second kappa shape index (κ2) is 5.18. The summed E-state index contributed by atoms with van der Waals surface area (Å²) in [5.74, 6) is -2.52. The molecule has 0 unspecified atom stereocenters. The van der Waals surface area contributed by atoms with Crippen LogP contribution in [0.3, 0.4) is 0 Å². The summed E-state index contributed by atoms with van der Waals surface area (Å²) in [7, 11) is 0. The number of hydrogen-bond donors (Lipinski definition) is 0. The normalized spacial score (nSPS) is 10.7. The van der Waals surface area contributed by atoms with Gasteiger partial charge in [-0.05, 0) is 6.92 Å². The second-order valence-corrected chi connectivity index (χ2v) is 5.02. The van der Waals surface area contributed by atoms with Gasteiger partial charge in [-0.1, -0.05) is 29.8 Å². The van der Waals surface area contributed by atoms with Crippen molar-refractivity contribution in [1.82, 2.24) is 4.73 Å². The Morgan fingerprint density at radius 1 is 1.17 bits per heavy atom. The van der Waals surface area contributed by atoms with E-state index in [1.54, 1.807) is 30.3 Å². The zero-order valence-electron chi connectivity index (χ0n) is 11.9. The smallest absolute Gasteiger partial charge is 0.363 e. The van der Waals surface area contributed by atoms with Gasteiger partial charge in [0.05, 0.1) is 10.5 Å². The van der Waals surface area contributed by atoms with Crippen molar-refractivity contribution in [3.05, 3.63) is 69.4 Å². The van der Waals surface area contributed by atoms with E-state index in [-0.39, 0.29) is 20.4 Å². The van der Waals surface area contributed by atoms with Crippen molar-refractivity contribution < 1.29 is 13.2 Å². The van der Waals surface area contributed by atoms with Gasteiger partial charge in [-0.25, -0.2) is 8.78 Å². The largest absolute Gasteiger partial charge is 0.805 e. The zero-order chi connectivity index (χ0) is 16.7. The van der Waals surface area contributed by atoms with Crippen LogP contribution in [0.2, 0.25) is 0 Å². The molecule has 0 bridgehead atoms. The van der Waals surface area contributed by atoms with Gasteiger partial charge in [0, 0.05) is 16.5 Å². The third-order valence-corrected chi connectivity index (χ3v) is 3.52. The number of aromatic nitrogens is 2. The lowest BCUT2D eigenvalue weighted by molar-refractivity contribution is -0.467. The Morgan fingerprint density at radius 2 is 1.78 bits per heavy atom. The molecule has 0 aliphatic rings. The summed E-state index contributed by atoms with van der Waals surface area (Å²) in [5, 5.41) is 21.8. The maximum Gasteiger partial charge on any atom is 0.363 e. The lowest BCUT2D eigenvalue weighted by Gasteiger charge is -2.18. The van der Waals surface area contributed by atoms with Gasteiger partial charge in [0.1, 0.15) is 11.2 Å². The Balaban J connectivity index is 2.49. The molecule has 0 spiro atoms. The molecule has 114 valence electrons. The van der Waals surface area contributed by atoms with Crippen molar-refractivity contribution in [3.63, 3.8) is 0 Å². The van der Waals surface area contributed by atoms with E-state index in [1.807, 2.05) is 6.92 Å². The predicted octanol–water partition coefficient (Wildman–Crippen LogP) is 3.03. The lowest BCUT2D eigenvalue weighted by atomic mass is 10.1. The van der Waals surface area contributed by atoms with Crippen LogP contribution in [0.25, 0.3) is 22.3 Å². The van der Waals surface area contributed by atoms with Crippen molar-refractivity contribution >= 4 is 11.0 Å². The maximum absolute atomic E-state index is 13.4. The minimum absolute atomic E-state index is 0.140. The van der Waals surface area contributed by atoms with Crippen LogP contribution < -0.4 is 4.43 Å². The fraction of sp³-hybridized carbons (Fsp3) is 0.0625. The molecule has 0 aliphatic carbocycles. The minimum atomic E-state index is -1.27. The SMILES string of the molecule is Cc1ccc(-c2c(C#N)[n+](=O)c3cc(F)c(F)cc3n2[O-])cc1. The molecule has 0 N–H and O–H groups in total. The van der Waals surface area contributed by atoms with Gasteiger partial charge in [-0.15, -0.1) is 0 Å². The third-order valence-electron chi connectivity index (χ3n) is 3.52. The highest BCUT2D eigenvalue weighted by Gasteiger charge is 2.25. The van der Waals surface area contributed by atoms with Gasteiger partial charge in [-0.3, -0.25) is 0 Å². The fourth-order valence-electron chi connectivity index (χ4n) is 2.35. The van der Waals surface area contributed by atoms with Crippen LogP contribution in [-0.4, -0.2) is 4.73 Å². The van der Waals surface area contributed by atoms with Crippen LogP contribution in [0.5, 0.6) is 0 Å². The van der Waals surface area contributed by atoms with Crippen LogP contribution >= 0.6 is 0 Å². The second-order valence-electron chi connectivity index (χ2n) is 5.02. The van der Waals surface area contributed by atoms with Gasteiger partial charge in [0.2, 0.25) is 0 Å². The van der Waals surface area contributed by atoms with Crippen molar-refractivity contribution in [2.45, 2.75) is 6.92 Å². The molecule has 0 radical (unpaired) electrons. The first-order valence-corrected chi connectivity index (χ1v) is 6.59. The quantitative estimate of drug-likeness (QED) is 0.648. The molecule has 0 aliphatic heterocycles. The summed E-state index contributed by atoms with van der Waals surface area (Å²) in [6.45, 7) is 1.84. The molecule has 3 rings (SSSR count). The molecule has 0 fully saturated rings. The van der Waals surface area contributed by atoms with Gasteiger partial charge in [0.15, 0.2) is 17.7 Å². The molecule has 0 amide bonds. The number of fused-ring (bicyclic) bond motifs is 1. The first-order chi connectivity index (χ1) is 10.9. The molecule has 1 heterocycles. The molecule has 7 heteroatoms. The highest BCUT2D eigenvalue weighted by Crippen LogP contribution is 2.26. The van der Waals surface area contributed by atoms with Crippen molar-refractivity contribution in [2.24, 2.45) is 0 Å². The van der Waals surface area contributed by atoms with E-state index in [1.165, 1.54) is 0 Å². The molecule has 0 saturated carbocycles. The topological polar surface area (TPSA) is 74.8 Å². The van der Waals surface area contributed by atoms with E-state index in [0.717, 1.165) is 5.56 Å². The van der Waals surface area contributed by atoms with Crippen LogP contribution in [0.4, 0.5) is 8.78 Å². The summed E-state index contributed by atoms with van der Waals surface area (Å²) in [5.41, 5.74) is -0.199. The summed E-state index contributed by atoms with van der Waals surface area (Å²) in [6, 6.07) is 9.47. The maximum atomic E-state index is 13.4. The summed E-state index contributed by atoms with van der Waals surface area (Å²) < 4.78 is 27.2. The van der Waals surface area contributed by atoms with Crippen molar-refractivity contribution in [3.8, 4) is 17.3 Å². The van der Waals surface area contributed by atoms with Crippen LogP contribution in [0, 0.1) is 40.0 Å². The van der Waals surface area contributed by atoms with Crippen molar-refractivity contribution in [2.75, 3.05) is 0 Å². The summed E-state index contributed by atoms with van der Waals surface area (Å²) in [4.78, 5) is 12.3. The average Bonchev–Trinajstić information content (AvgIpc) is 2.53. The first-order valence-electron chi connectivity index (χ1n) is 6.59. The molecule has 23 heavy (non-hydrogen) atoms. The Labute approximate surface area is 128 Å². The first kappa shape index (κ1) is 14.7. The molecule has 3 aromatic rings. The molecule has 0 saturated heterocycles. The van der Waals surface area contributed by atoms with Crippen molar-refractivity contribution in [1.29, 1.82) is 5.26 Å². The van der Waals surface area contributed by atoms with Gasteiger partial charge in [0.25, 0.3) is 5.52 Å². The molecular weight excluding hydrogens is 304 g/mol. The van der Waals surface area contributed by atoms with Gasteiger partial charge >= 0.3 is 5.69 Å². The number of nitrogens with zero attached hydrogens (tertiary/aromatic N) is 3. The Morgan fingerprint density at radius 3 is 2.39 bits per heavy atom. The van der Waals surface area contributed by atoms with Crippen LogP contribution in [0.1, 0.15) is 11.3 Å². The van der Waals surface area contributed by atoms with E-state index in [9.17, 15) is 24.2 Å². The zero-order valence-corrected chi connectivity index (χ0v) is 11.9. The third kappa shape index (κ3) is 2.21. The highest BCUT2D eigenvalue weighted by atomic mass is 19.2. The number of benzene rings is 2. The predicted molar refractivity (Wildman–Crippen MR) is 78.9 cm³/mol. The number of aryl methyl sites for hydroxylation is 1. The number of halogens is 2. The van der Waals surface area contributed by atoms with E-state index in [0.29, 0.717) is 17.7 Å². The van der Waals surface area contributed by atoms with Gasteiger partial charge < -0.3 is 9.94 Å².